The normalized spacial score (nSPS) is 15.7. The number of esters is 1. The van der Waals surface area contributed by atoms with Crippen LogP contribution in [0, 0.1) is 0 Å². The third kappa shape index (κ3) is 7.14. The fraction of sp³-hybridized carbons (Fsp3) is 0.533. The van der Waals surface area contributed by atoms with Crippen LogP contribution in [-0.2, 0) is 16.1 Å². The maximum absolute atomic E-state index is 11.1. The molecule has 1 aromatic rings. The van der Waals surface area contributed by atoms with Crippen molar-refractivity contribution in [3.63, 3.8) is 0 Å². The van der Waals surface area contributed by atoms with Crippen molar-refractivity contribution in [3.05, 3.63) is 35.9 Å². The molecule has 0 unspecified atom stereocenters. The first kappa shape index (κ1) is 20.2. The zero-order valence-corrected chi connectivity index (χ0v) is 14.0. The highest BCUT2D eigenvalue weighted by molar-refractivity contribution is 5.85. The van der Waals surface area contributed by atoms with Crippen molar-refractivity contribution in [1.29, 1.82) is 0 Å². The van der Waals surface area contributed by atoms with Crippen LogP contribution in [0.1, 0.15) is 12.0 Å². The molecular weight excluding hydrogens is 311 g/mol. The number of hydrogen-bond donors (Lipinski definition) is 0. The van der Waals surface area contributed by atoms with Gasteiger partial charge in [-0.25, -0.2) is 0 Å². The highest BCUT2D eigenvalue weighted by atomic mass is 35.5. The maximum atomic E-state index is 11.1. The minimum atomic E-state index is -0.119. The van der Waals surface area contributed by atoms with E-state index in [2.05, 4.69) is 38.8 Å². The van der Waals surface area contributed by atoms with Crippen molar-refractivity contribution < 1.29 is 9.53 Å². The molecule has 21 heavy (non-hydrogen) atoms. The molecule has 4 nitrogen and oxygen atoms in total. The highest BCUT2D eigenvalue weighted by Gasteiger charge is 2.17. The quantitative estimate of drug-likeness (QED) is 0.773. The van der Waals surface area contributed by atoms with E-state index in [0.717, 1.165) is 39.3 Å². The minimum absolute atomic E-state index is 0. The third-order valence-electron chi connectivity index (χ3n) is 3.57. The van der Waals surface area contributed by atoms with Crippen LogP contribution in [0.5, 0.6) is 0 Å². The Morgan fingerprint density at radius 2 is 1.62 bits per heavy atom. The van der Waals surface area contributed by atoms with Crippen LogP contribution >= 0.6 is 24.8 Å². The molecule has 0 aliphatic carbocycles. The second-order valence-electron chi connectivity index (χ2n) is 4.93. The standard InChI is InChI=1S/C15H22N2O2.2ClH/c1-19-15(18)7-8-16-9-11-17(12-10-16)13-14-5-3-2-4-6-14;;/h2-6H,7-13H2,1H3;2*1H. The second kappa shape index (κ2) is 10.9. The number of nitrogens with zero attached hydrogens (tertiary/aromatic N) is 2. The van der Waals surface area contributed by atoms with Crippen molar-refractivity contribution in [1.82, 2.24) is 9.80 Å². The van der Waals surface area contributed by atoms with E-state index in [0.29, 0.717) is 6.42 Å². The number of piperazine rings is 1. The largest absolute Gasteiger partial charge is 0.469 e. The van der Waals surface area contributed by atoms with Gasteiger partial charge in [0.05, 0.1) is 13.5 Å². The van der Waals surface area contributed by atoms with Crippen LogP contribution in [0.2, 0.25) is 0 Å². The van der Waals surface area contributed by atoms with Crippen LogP contribution in [0.25, 0.3) is 0 Å². The number of carbonyl (C=O) groups is 1. The first-order chi connectivity index (χ1) is 9.28. The Morgan fingerprint density at radius 3 is 2.19 bits per heavy atom. The van der Waals surface area contributed by atoms with Crippen LogP contribution in [-0.4, -0.2) is 55.6 Å². The molecule has 0 N–H and O–H groups in total. The van der Waals surface area contributed by atoms with E-state index in [1.165, 1.54) is 12.7 Å². The summed E-state index contributed by atoms with van der Waals surface area (Å²) < 4.78 is 4.67. The minimum Gasteiger partial charge on any atom is -0.469 e. The average molecular weight is 335 g/mol. The maximum Gasteiger partial charge on any atom is 0.306 e. The van der Waals surface area contributed by atoms with E-state index < -0.39 is 0 Å². The Morgan fingerprint density at radius 1 is 1.05 bits per heavy atom. The summed E-state index contributed by atoms with van der Waals surface area (Å²) in [6.45, 7) is 6.03. The summed E-state index contributed by atoms with van der Waals surface area (Å²) in [4.78, 5) is 15.9. The zero-order chi connectivity index (χ0) is 13.5. The van der Waals surface area contributed by atoms with E-state index in [1.807, 2.05) is 6.07 Å². The summed E-state index contributed by atoms with van der Waals surface area (Å²) >= 11 is 0. The summed E-state index contributed by atoms with van der Waals surface area (Å²) in [7, 11) is 1.44. The van der Waals surface area contributed by atoms with Gasteiger partial charge in [-0.2, -0.15) is 0 Å². The first-order valence-corrected chi connectivity index (χ1v) is 6.83. The summed E-state index contributed by atoms with van der Waals surface area (Å²) in [5.74, 6) is -0.119. The molecule has 0 saturated carbocycles. The Hall–Kier alpha value is -0.810. The average Bonchev–Trinajstić information content (AvgIpc) is 2.47. The molecule has 120 valence electrons. The molecule has 1 aliphatic rings. The van der Waals surface area contributed by atoms with Gasteiger partial charge < -0.3 is 9.64 Å². The molecule has 1 saturated heterocycles. The van der Waals surface area contributed by atoms with E-state index in [1.54, 1.807) is 0 Å². The monoisotopic (exact) mass is 334 g/mol. The molecule has 0 spiro atoms. The number of methoxy groups -OCH3 is 1. The lowest BCUT2D eigenvalue weighted by Gasteiger charge is -2.34. The highest BCUT2D eigenvalue weighted by Crippen LogP contribution is 2.08. The Labute approximate surface area is 139 Å². The number of benzene rings is 1. The van der Waals surface area contributed by atoms with Gasteiger partial charge in [-0.1, -0.05) is 30.3 Å². The molecular formula is C15H24Cl2N2O2. The van der Waals surface area contributed by atoms with Gasteiger partial charge in [0.2, 0.25) is 0 Å². The molecule has 1 aromatic carbocycles. The summed E-state index contributed by atoms with van der Waals surface area (Å²) in [6, 6.07) is 10.6. The van der Waals surface area contributed by atoms with Gasteiger partial charge in [-0.15, -0.1) is 24.8 Å². The van der Waals surface area contributed by atoms with Gasteiger partial charge >= 0.3 is 5.97 Å². The number of ether oxygens (including phenoxy) is 1. The summed E-state index contributed by atoms with van der Waals surface area (Å²) in [6.07, 6.45) is 0.495. The van der Waals surface area contributed by atoms with Crippen molar-refractivity contribution >= 4 is 30.8 Å². The van der Waals surface area contributed by atoms with E-state index in [4.69, 9.17) is 0 Å². The molecule has 2 rings (SSSR count). The number of hydrogen-bond acceptors (Lipinski definition) is 4. The molecule has 0 radical (unpaired) electrons. The van der Waals surface area contributed by atoms with Gasteiger partial charge in [-0.05, 0) is 5.56 Å². The predicted octanol–water partition coefficient (Wildman–Crippen LogP) is 2.21. The lowest BCUT2D eigenvalue weighted by molar-refractivity contribution is -0.141. The lowest BCUT2D eigenvalue weighted by Crippen LogP contribution is -2.46. The smallest absolute Gasteiger partial charge is 0.306 e. The molecule has 1 aliphatic heterocycles. The molecule has 0 amide bonds. The number of rotatable bonds is 5. The predicted molar refractivity (Wildman–Crippen MR) is 89.3 cm³/mol. The van der Waals surface area contributed by atoms with Crippen LogP contribution in [0.4, 0.5) is 0 Å². The molecule has 0 atom stereocenters. The topological polar surface area (TPSA) is 32.8 Å². The number of halogens is 2. The van der Waals surface area contributed by atoms with E-state index >= 15 is 0 Å². The van der Waals surface area contributed by atoms with Crippen molar-refractivity contribution in [2.75, 3.05) is 39.8 Å². The molecule has 0 aromatic heterocycles. The van der Waals surface area contributed by atoms with Crippen molar-refractivity contribution in [2.24, 2.45) is 0 Å². The fourth-order valence-electron chi connectivity index (χ4n) is 2.36. The molecule has 1 fully saturated rings. The van der Waals surface area contributed by atoms with Crippen LogP contribution < -0.4 is 0 Å². The molecule has 1 heterocycles. The lowest BCUT2D eigenvalue weighted by atomic mass is 10.2. The SMILES string of the molecule is COC(=O)CCN1CCN(Cc2ccccc2)CC1.Cl.Cl. The fourth-order valence-corrected chi connectivity index (χ4v) is 2.36. The van der Waals surface area contributed by atoms with E-state index in [-0.39, 0.29) is 30.8 Å². The Kier molecular flexibility index (Phi) is 10.4. The summed E-state index contributed by atoms with van der Waals surface area (Å²) in [5.41, 5.74) is 1.37. The van der Waals surface area contributed by atoms with Gasteiger partial charge in [0.25, 0.3) is 0 Å². The van der Waals surface area contributed by atoms with Crippen molar-refractivity contribution in [2.45, 2.75) is 13.0 Å². The summed E-state index contributed by atoms with van der Waals surface area (Å²) in [5, 5.41) is 0. The van der Waals surface area contributed by atoms with Crippen LogP contribution in [0.15, 0.2) is 30.3 Å². The van der Waals surface area contributed by atoms with Crippen LogP contribution in [0.3, 0.4) is 0 Å². The third-order valence-corrected chi connectivity index (χ3v) is 3.57. The Balaban J connectivity index is 0.00000200. The van der Waals surface area contributed by atoms with Gasteiger partial charge in [0.15, 0.2) is 0 Å². The Bertz CT molecular complexity index is 396. The first-order valence-electron chi connectivity index (χ1n) is 6.83. The van der Waals surface area contributed by atoms with Gasteiger partial charge in [0, 0.05) is 39.3 Å². The zero-order valence-electron chi connectivity index (χ0n) is 12.4. The van der Waals surface area contributed by atoms with Crippen molar-refractivity contribution in [3.8, 4) is 0 Å². The van der Waals surface area contributed by atoms with E-state index in [9.17, 15) is 4.79 Å². The van der Waals surface area contributed by atoms with Gasteiger partial charge in [0.1, 0.15) is 0 Å². The second-order valence-corrected chi connectivity index (χ2v) is 4.93. The number of carbonyl (C=O) groups excluding carboxylic acids is 1. The van der Waals surface area contributed by atoms with Gasteiger partial charge in [-0.3, -0.25) is 9.69 Å². The molecule has 0 bridgehead atoms. The molecule has 6 heteroatoms.